The zero-order valence-electron chi connectivity index (χ0n) is 8.06. The lowest BCUT2D eigenvalue weighted by Crippen LogP contribution is -2.00. The van der Waals surface area contributed by atoms with Gasteiger partial charge >= 0.3 is 12.0 Å². The SMILES string of the molecule is COc1nc2c(CC(=O)O)cccc2o1. The molecule has 0 spiro atoms. The van der Waals surface area contributed by atoms with E-state index >= 15 is 0 Å². The average Bonchev–Trinajstić information content (AvgIpc) is 2.61. The number of para-hydroxylation sites is 1. The van der Waals surface area contributed by atoms with Crippen LogP contribution in [0, 0.1) is 0 Å². The van der Waals surface area contributed by atoms with E-state index in [0.29, 0.717) is 16.7 Å². The van der Waals surface area contributed by atoms with Crippen molar-refractivity contribution in [3.05, 3.63) is 23.8 Å². The number of carboxylic acid groups (broad SMARTS) is 1. The van der Waals surface area contributed by atoms with Crippen LogP contribution in [0.4, 0.5) is 0 Å². The molecule has 1 heterocycles. The van der Waals surface area contributed by atoms with Crippen molar-refractivity contribution < 1.29 is 19.1 Å². The predicted octanol–water partition coefficient (Wildman–Crippen LogP) is 1.46. The lowest BCUT2D eigenvalue weighted by Gasteiger charge is -1.95. The normalized spacial score (nSPS) is 10.5. The van der Waals surface area contributed by atoms with Gasteiger partial charge in [-0.15, -0.1) is 0 Å². The number of carboxylic acids is 1. The molecule has 0 bridgehead atoms. The molecule has 0 aliphatic rings. The quantitative estimate of drug-likeness (QED) is 0.824. The first-order chi connectivity index (χ1) is 7.20. The number of rotatable bonds is 3. The van der Waals surface area contributed by atoms with Crippen LogP contribution < -0.4 is 4.74 Å². The van der Waals surface area contributed by atoms with Crippen LogP contribution in [0.1, 0.15) is 5.56 Å². The van der Waals surface area contributed by atoms with E-state index in [1.54, 1.807) is 18.2 Å². The Morgan fingerprint density at radius 3 is 3.07 bits per heavy atom. The van der Waals surface area contributed by atoms with Crippen LogP contribution in [-0.2, 0) is 11.2 Å². The van der Waals surface area contributed by atoms with Gasteiger partial charge in [0.1, 0.15) is 5.52 Å². The molecule has 2 rings (SSSR count). The summed E-state index contributed by atoms with van der Waals surface area (Å²) in [5.41, 5.74) is 1.69. The summed E-state index contributed by atoms with van der Waals surface area (Å²) in [5, 5.41) is 8.70. The third kappa shape index (κ3) is 1.76. The smallest absolute Gasteiger partial charge is 0.394 e. The Morgan fingerprint density at radius 2 is 2.40 bits per heavy atom. The summed E-state index contributed by atoms with van der Waals surface area (Å²) >= 11 is 0. The maximum atomic E-state index is 10.6. The minimum Gasteiger partial charge on any atom is -0.481 e. The van der Waals surface area contributed by atoms with Crippen molar-refractivity contribution in [2.45, 2.75) is 6.42 Å². The number of nitrogens with zero attached hydrogens (tertiary/aromatic N) is 1. The lowest BCUT2D eigenvalue weighted by atomic mass is 10.1. The van der Waals surface area contributed by atoms with E-state index in [4.69, 9.17) is 14.3 Å². The van der Waals surface area contributed by atoms with Crippen molar-refractivity contribution in [2.75, 3.05) is 7.11 Å². The minimum absolute atomic E-state index is 0.0764. The Bertz CT molecular complexity index is 503. The van der Waals surface area contributed by atoms with E-state index in [2.05, 4.69) is 4.98 Å². The molecule has 1 aromatic carbocycles. The number of oxazole rings is 1. The van der Waals surface area contributed by atoms with Gasteiger partial charge in [0.25, 0.3) is 0 Å². The number of hydrogen-bond donors (Lipinski definition) is 1. The Hall–Kier alpha value is -2.04. The summed E-state index contributed by atoms with van der Waals surface area (Å²) in [6.07, 6.45) is 0.0652. The van der Waals surface area contributed by atoms with Gasteiger partial charge in [0, 0.05) is 0 Å². The summed E-state index contributed by atoms with van der Waals surface area (Å²) in [6, 6.07) is 5.15. The number of benzene rings is 1. The molecule has 0 aliphatic heterocycles. The van der Waals surface area contributed by atoms with Crippen molar-refractivity contribution in [2.24, 2.45) is 0 Å². The number of ether oxygens (including phenoxy) is 1. The molecule has 5 heteroatoms. The third-order valence-electron chi connectivity index (χ3n) is 2.00. The van der Waals surface area contributed by atoms with Crippen molar-refractivity contribution in [1.82, 2.24) is 4.98 Å². The minimum atomic E-state index is -0.899. The zero-order chi connectivity index (χ0) is 10.8. The van der Waals surface area contributed by atoms with E-state index in [9.17, 15) is 4.79 Å². The number of carbonyl (C=O) groups is 1. The molecule has 0 atom stereocenters. The first kappa shape index (κ1) is 9.51. The topological polar surface area (TPSA) is 72.6 Å². The van der Waals surface area contributed by atoms with E-state index in [1.807, 2.05) is 0 Å². The van der Waals surface area contributed by atoms with E-state index in [0.717, 1.165) is 0 Å². The Balaban J connectivity index is 2.54. The fraction of sp³-hybridized carbons (Fsp3) is 0.200. The van der Waals surface area contributed by atoms with Crippen LogP contribution in [-0.4, -0.2) is 23.2 Å². The first-order valence-electron chi connectivity index (χ1n) is 4.35. The monoisotopic (exact) mass is 207 g/mol. The Kier molecular flexibility index (Phi) is 2.29. The fourth-order valence-electron chi connectivity index (χ4n) is 1.38. The second kappa shape index (κ2) is 3.61. The molecule has 0 unspecified atom stereocenters. The van der Waals surface area contributed by atoms with Crippen LogP contribution >= 0.6 is 0 Å². The summed E-state index contributed by atoms with van der Waals surface area (Å²) in [5.74, 6) is -0.899. The van der Waals surface area contributed by atoms with Gasteiger partial charge in [-0.3, -0.25) is 4.79 Å². The van der Waals surface area contributed by atoms with Gasteiger partial charge in [0.15, 0.2) is 5.58 Å². The van der Waals surface area contributed by atoms with E-state index in [-0.39, 0.29) is 12.5 Å². The average molecular weight is 207 g/mol. The predicted molar refractivity (Wildman–Crippen MR) is 51.9 cm³/mol. The highest BCUT2D eigenvalue weighted by atomic mass is 16.6. The summed E-state index contributed by atoms with van der Waals surface area (Å²) in [7, 11) is 1.45. The molecule has 0 amide bonds. The van der Waals surface area contributed by atoms with Crippen LogP contribution in [0.3, 0.4) is 0 Å². The van der Waals surface area contributed by atoms with Gasteiger partial charge < -0.3 is 14.3 Å². The van der Waals surface area contributed by atoms with Gasteiger partial charge in [-0.2, -0.15) is 4.98 Å². The number of aromatic nitrogens is 1. The van der Waals surface area contributed by atoms with Crippen molar-refractivity contribution in [3.8, 4) is 6.08 Å². The van der Waals surface area contributed by atoms with Gasteiger partial charge in [-0.05, 0) is 11.6 Å². The molecule has 5 nitrogen and oxygen atoms in total. The Labute approximate surface area is 85.3 Å². The molecule has 78 valence electrons. The van der Waals surface area contributed by atoms with E-state index < -0.39 is 5.97 Å². The Morgan fingerprint density at radius 1 is 1.60 bits per heavy atom. The molecule has 0 radical (unpaired) electrons. The first-order valence-corrected chi connectivity index (χ1v) is 4.35. The van der Waals surface area contributed by atoms with Crippen LogP contribution in [0.2, 0.25) is 0 Å². The van der Waals surface area contributed by atoms with Crippen LogP contribution in [0.15, 0.2) is 22.6 Å². The molecule has 0 fully saturated rings. The van der Waals surface area contributed by atoms with Gasteiger partial charge in [0.05, 0.1) is 13.5 Å². The van der Waals surface area contributed by atoms with Crippen molar-refractivity contribution >= 4 is 17.1 Å². The van der Waals surface area contributed by atoms with Gasteiger partial charge in [-0.25, -0.2) is 0 Å². The summed E-state index contributed by atoms with van der Waals surface area (Å²) in [6.45, 7) is 0. The number of fused-ring (bicyclic) bond motifs is 1. The maximum absolute atomic E-state index is 10.6. The highest BCUT2D eigenvalue weighted by Gasteiger charge is 2.11. The molecule has 1 N–H and O–H groups in total. The number of aliphatic carboxylic acids is 1. The molecule has 0 aliphatic carbocycles. The second-order valence-electron chi connectivity index (χ2n) is 3.02. The van der Waals surface area contributed by atoms with Gasteiger partial charge in [0.2, 0.25) is 0 Å². The van der Waals surface area contributed by atoms with Crippen LogP contribution in [0.25, 0.3) is 11.1 Å². The molecule has 1 aromatic heterocycles. The molecular weight excluding hydrogens is 198 g/mol. The van der Waals surface area contributed by atoms with E-state index in [1.165, 1.54) is 7.11 Å². The maximum Gasteiger partial charge on any atom is 0.394 e. The highest BCUT2D eigenvalue weighted by molar-refractivity contribution is 5.82. The lowest BCUT2D eigenvalue weighted by molar-refractivity contribution is -0.136. The zero-order valence-corrected chi connectivity index (χ0v) is 8.06. The standard InChI is InChI=1S/C10H9NO4/c1-14-10-11-9-6(5-8(12)13)3-2-4-7(9)15-10/h2-4H,5H2,1H3,(H,12,13). The fourth-order valence-corrected chi connectivity index (χ4v) is 1.38. The van der Waals surface area contributed by atoms with Crippen molar-refractivity contribution in [1.29, 1.82) is 0 Å². The molecular formula is C10H9NO4. The largest absolute Gasteiger partial charge is 0.481 e. The molecule has 0 saturated heterocycles. The van der Waals surface area contributed by atoms with Crippen molar-refractivity contribution in [3.63, 3.8) is 0 Å². The van der Waals surface area contributed by atoms with Crippen LogP contribution in [0.5, 0.6) is 6.08 Å². The summed E-state index contributed by atoms with van der Waals surface area (Å²) in [4.78, 5) is 14.6. The third-order valence-corrected chi connectivity index (χ3v) is 2.00. The molecule has 2 aromatic rings. The number of hydrogen-bond acceptors (Lipinski definition) is 4. The summed E-state index contributed by atoms with van der Waals surface area (Å²) < 4.78 is 10.0. The van der Waals surface area contributed by atoms with Gasteiger partial charge in [-0.1, -0.05) is 12.1 Å². The number of methoxy groups -OCH3 is 1. The second-order valence-corrected chi connectivity index (χ2v) is 3.02. The highest BCUT2D eigenvalue weighted by Crippen LogP contribution is 2.23. The molecule has 0 saturated carbocycles. The molecule has 15 heavy (non-hydrogen) atoms.